The number of azo groups is 1. The summed E-state index contributed by atoms with van der Waals surface area (Å²) in [5.74, 6) is -1.12. The molecule has 0 saturated heterocycles. The number of nitrogens with one attached hydrogen (secondary N) is 1. The Morgan fingerprint density at radius 1 is 0.925 bits per heavy atom. The van der Waals surface area contributed by atoms with Gasteiger partial charge in [0.25, 0.3) is 5.91 Å². The van der Waals surface area contributed by atoms with Crippen molar-refractivity contribution in [3.05, 3.63) is 77.3 Å². The average Bonchev–Trinajstić information content (AvgIpc) is 3.33. The van der Waals surface area contributed by atoms with Gasteiger partial charge in [-0.15, -0.1) is 10.2 Å². The average molecular weight is 580 g/mol. The zero-order valence-corrected chi connectivity index (χ0v) is 23.4. The lowest BCUT2D eigenvalue weighted by Crippen LogP contribution is -2.32. The minimum absolute atomic E-state index is 0.129. The maximum atomic E-state index is 13.0. The summed E-state index contributed by atoms with van der Waals surface area (Å²) in [7, 11) is 0. The summed E-state index contributed by atoms with van der Waals surface area (Å²) in [6.45, 7) is 3.60. The van der Waals surface area contributed by atoms with Gasteiger partial charge in [0.2, 0.25) is 5.13 Å². The number of halogens is 1. The lowest BCUT2D eigenvalue weighted by atomic mass is 10.2. The highest BCUT2D eigenvalue weighted by Crippen LogP contribution is 2.34. The Bertz CT molecular complexity index is 1520. The van der Waals surface area contributed by atoms with E-state index in [2.05, 4.69) is 20.5 Å². The van der Waals surface area contributed by atoms with Gasteiger partial charge in [0, 0.05) is 30.1 Å². The van der Waals surface area contributed by atoms with E-state index in [0.29, 0.717) is 45.9 Å². The summed E-state index contributed by atoms with van der Waals surface area (Å²) >= 11 is 7.43. The molecule has 4 rings (SSSR count). The molecule has 3 aromatic carbocycles. The van der Waals surface area contributed by atoms with Crippen LogP contribution in [0.2, 0.25) is 5.02 Å². The molecule has 0 aliphatic rings. The van der Waals surface area contributed by atoms with Gasteiger partial charge in [-0.25, -0.2) is 4.98 Å². The Balaban J connectivity index is 1.65. The van der Waals surface area contributed by atoms with E-state index < -0.39 is 11.9 Å². The molecule has 206 valence electrons. The second-order valence-electron chi connectivity index (χ2n) is 8.50. The first kappa shape index (κ1) is 28.7. The molecule has 1 N–H and O–H groups in total. The quantitative estimate of drug-likeness (QED) is 0.158. The molecular formula is C28H26ClN5O5S. The predicted molar refractivity (Wildman–Crippen MR) is 155 cm³/mol. The molecular weight excluding hydrogens is 554 g/mol. The maximum absolute atomic E-state index is 13.0. The van der Waals surface area contributed by atoms with Crippen molar-refractivity contribution in [3.8, 4) is 0 Å². The molecule has 0 unspecified atom stereocenters. The molecule has 0 radical (unpaired) electrons. The number of amides is 1. The lowest BCUT2D eigenvalue weighted by molar-refractivity contribution is -0.141. The van der Waals surface area contributed by atoms with E-state index in [9.17, 15) is 14.4 Å². The van der Waals surface area contributed by atoms with Gasteiger partial charge < -0.3 is 19.7 Å². The highest BCUT2D eigenvalue weighted by atomic mass is 35.5. The number of aromatic nitrogens is 1. The maximum Gasteiger partial charge on any atom is 0.302 e. The Morgan fingerprint density at radius 2 is 1.62 bits per heavy atom. The summed E-state index contributed by atoms with van der Waals surface area (Å²) in [5.41, 5.74) is 2.73. The Kier molecular flexibility index (Phi) is 9.76. The largest absolute Gasteiger partial charge is 0.464 e. The van der Waals surface area contributed by atoms with Crippen LogP contribution in [0.1, 0.15) is 24.2 Å². The van der Waals surface area contributed by atoms with Gasteiger partial charge in [-0.1, -0.05) is 41.1 Å². The molecule has 0 atom stereocenters. The minimum atomic E-state index is -0.399. The lowest BCUT2D eigenvalue weighted by Gasteiger charge is -2.25. The molecule has 0 aliphatic carbocycles. The van der Waals surface area contributed by atoms with Crippen LogP contribution in [0.25, 0.3) is 10.2 Å². The van der Waals surface area contributed by atoms with Crippen LogP contribution >= 0.6 is 22.9 Å². The van der Waals surface area contributed by atoms with Gasteiger partial charge in [0.1, 0.15) is 18.9 Å². The number of hydrogen-bond donors (Lipinski definition) is 1. The van der Waals surface area contributed by atoms with Gasteiger partial charge in [-0.2, -0.15) is 0 Å². The smallest absolute Gasteiger partial charge is 0.302 e. The number of esters is 2. The van der Waals surface area contributed by atoms with E-state index in [1.165, 1.54) is 25.2 Å². The normalized spacial score (nSPS) is 11.0. The third-order valence-electron chi connectivity index (χ3n) is 5.54. The van der Waals surface area contributed by atoms with Crippen molar-refractivity contribution >= 4 is 73.2 Å². The molecule has 4 aromatic rings. The van der Waals surface area contributed by atoms with E-state index in [0.717, 1.165) is 10.2 Å². The SMILES string of the molecule is CC(=O)OCCN(CCOC(C)=O)c1ccc(N=Nc2nc3ccc(Cl)cc3s2)c(NC(=O)c2ccccc2)c1. The molecule has 0 spiro atoms. The number of carbonyl (C=O) groups is 3. The molecule has 12 heteroatoms. The molecule has 1 amide bonds. The van der Waals surface area contributed by atoms with Gasteiger partial charge in [-0.05, 0) is 48.5 Å². The number of hydrogen-bond acceptors (Lipinski definition) is 10. The Hall–Kier alpha value is -4.35. The summed E-state index contributed by atoms with van der Waals surface area (Å²) in [6, 6.07) is 19.4. The van der Waals surface area contributed by atoms with Crippen molar-refractivity contribution in [3.63, 3.8) is 0 Å². The number of nitrogens with zero attached hydrogens (tertiary/aromatic N) is 4. The van der Waals surface area contributed by atoms with Gasteiger partial charge in [0.05, 0.1) is 29.0 Å². The van der Waals surface area contributed by atoms with E-state index in [-0.39, 0.29) is 19.1 Å². The summed E-state index contributed by atoms with van der Waals surface area (Å²) in [4.78, 5) is 42.0. The first-order chi connectivity index (χ1) is 19.3. The Labute approximate surface area is 239 Å². The van der Waals surface area contributed by atoms with E-state index >= 15 is 0 Å². The number of thiazole rings is 1. The van der Waals surface area contributed by atoms with E-state index in [4.69, 9.17) is 21.1 Å². The van der Waals surface area contributed by atoms with Gasteiger partial charge in [0.15, 0.2) is 0 Å². The van der Waals surface area contributed by atoms with Crippen molar-refractivity contribution in [1.82, 2.24) is 4.98 Å². The van der Waals surface area contributed by atoms with E-state index in [1.807, 2.05) is 23.1 Å². The topological polar surface area (TPSA) is 123 Å². The number of anilines is 2. The molecule has 0 saturated carbocycles. The van der Waals surface area contributed by atoms with E-state index in [1.54, 1.807) is 48.5 Å². The van der Waals surface area contributed by atoms with Gasteiger partial charge in [-0.3, -0.25) is 14.4 Å². The molecule has 0 bridgehead atoms. The molecule has 1 aromatic heterocycles. The highest BCUT2D eigenvalue weighted by molar-refractivity contribution is 7.21. The van der Waals surface area contributed by atoms with Gasteiger partial charge >= 0.3 is 11.9 Å². The fourth-order valence-corrected chi connectivity index (χ4v) is 4.75. The number of rotatable bonds is 11. The fraction of sp³-hybridized carbons (Fsp3) is 0.214. The number of carbonyl (C=O) groups excluding carboxylic acids is 3. The monoisotopic (exact) mass is 579 g/mol. The van der Waals surface area contributed by atoms with Crippen LogP contribution < -0.4 is 10.2 Å². The zero-order chi connectivity index (χ0) is 28.5. The summed E-state index contributed by atoms with van der Waals surface area (Å²) < 4.78 is 11.1. The summed E-state index contributed by atoms with van der Waals surface area (Å²) in [6.07, 6.45) is 0. The van der Waals surface area contributed by atoms with Crippen molar-refractivity contribution in [2.75, 3.05) is 36.5 Å². The molecule has 0 fully saturated rings. The predicted octanol–water partition coefficient (Wildman–Crippen LogP) is 6.55. The first-order valence-corrected chi connectivity index (χ1v) is 13.5. The third kappa shape index (κ3) is 8.08. The second-order valence-corrected chi connectivity index (χ2v) is 9.94. The summed E-state index contributed by atoms with van der Waals surface area (Å²) in [5, 5.41) is 12.6. The highest BCUT2D eigenvalue weighted by Gasteiger charge is 2.15. The second kappa shape index (κ2) is 13.6. The molecule has 40 heavy (non-hydrogen) atoms. The number of benzene rings is 3. The first-order valence-electron chi connectivity index (χ1n) is 12.3. The molecule has 0 aliphatic heterocycles. The van der Waals surface area contributed by atoms with Crippen LogP contribution in [0.15, 0.2) is 77.0 Å². The van der Waals surface area contributed by atoms with Crippen LogP contribution in [0.3, 0.4) is 0 Å². The standard InChI is InChI=1S/C28H26ClN5O5S/c1-18(35)38-14-12-34(13-15-39-19(2)36)22-9-11-23(25(17-22)30-27(37)20-6-4-3-5-7-20)32-33-28-31-24-10-8-21(29)16-26(24)40-28/h3-11,16-17H,12-15H2,1-2H3,(H,30,37). The van der Waals surface area contributed by atoms with Crippen molar-refractivity contribution in [1.29, 1.82) is 0 Å². The number of fused-ring (bicyclic) bond motifs is 1. The van der Waals surface area contributed by atoms with Crippen molar-refractivity contribution in [2.24, 2.45) is 10.2 Å². The van der Waals surface area contributed by atoms with Crippen LogP contribution in [0.5, 0.6) is 0 Å². The Morgan fingerprint density at radius 3 is 2.30 bits per heavy atom. The molecule has 1 heterocycles. The third-order valence-corrected chi connectivity index (χ3v) is 6.68. The van der Waals surface area contributed by atoms with Crippen LogP contribution in [-0.4, -0.2) is 49.1 Å². The zero-order valence-electron chi connectivity index (χ0n) is 21.8. The van der Waals surface area contributed by atoms with Crippen LogP contribution in [0, 0.1) is 0 Å². The minimum Gasteiger partial charge on any atom is -0.464 e. The van der Waals surface area contributed by atoms with Crippen molar-refractivity contribution in [2.45, 2.75) is 13.8 Å². The van der Waals surface area contributed by atoms with Crippen LogP contribution in [0.4, 0.5) is 22.2 Å². The van der Waals surface area contributed by atoms with Crippen molar-refractivity contribution < 1.29 is 23.9 Å². The fourth-order valence-electron chi connectivity index (χ4n) is 3.69. The molecule has 10 nitrogen and oxygen atoms in total. The van der Waals surface area contributed by atoms with Crippen LogP contribution in [-0.2, 0) is 19.1 Å². The number of ether oxygens (including phenoxy) is 2.